The van der Waals surface area contributed by atoms with Crippen LogP contribution in [0.3, 0.4) is 0 Å². The van der Waals surface area contributed by atoms with E-state index < -0.39 is 17.5 Å². The molecule has 0 radical (unpaired) electrons. The zero-order valence-electron chi connectivity index (χ0n) is 10.8. The Morgan fingerprint density at radius 3 is 2.24 bits per heavy atom. The first-order valence-electron chi connectivity index (χ1n) is 5.57. The van der Waals surface area contributed by atoms with Crippen LogP contribution < -0.4 is 16.4 Å². The molecule has 98 valence electrons. The largest absolute Gasteiger partial charge is 0.368 e. The van der Waals surface area contributed by atoms with Gasteiger partial charge in [0, 0.05) is 6.42 Å². The van der Waals surface area contributed by atoms with Gasteiger partial charge in [0.15, 0.2) is 5.78 Å². The molecule has 0 aliphatic carbocycles. The fourth-order valence-electron chi connectivity index (χ4n) is 1.46. The Hall–Kier alpha value is -1.43. The molecule has 4 N–H and O–H groups in total. The maximum absolute atomic E-state index is 11.6. The molecule has 0 saturated carbocycles. The van der Waals surface area contributed by atoms with Crippen LogP contribution in [-0.4, -0.2) is 35.7 Å². The van der Waals surface area contributed by atoms with Crippen LogP contribution in [0, 0.1) is 0 Å². The van der Waals surface area contributed by atoms with E-state index >= 15 is 0 Å². The maximum Gasteiger partial charge on any atom is 0.237 e. The molecule has 0 aromatic heterocycles. The van der Waals surface area contributed by atoms with Crippen molar-refractivity contribution in [3.63, 3.8) is 0 Å². The highest BCUT2D eigenvalue weighted by Gasteiger charge is 2.29. The van der Waals surface area contributed by atoms with Crippen LogP contribution in [0.2, 0.25) is 0 Å². The van der Waals surface area contributed by atoms with Gasteiger partial charge in [-0.3, -0.25) is 19.7 Å². The third-order valence-corrected chi connectivity index (χ3v) is 2.43. The topological polar surface area (TPSA) is 101 Å². The Morgan fingerprint density at radius 1 is 1.29 bits per heavy atom. The van der Waals surface area contributed by atoms with Gasteiger partial charge in [-0.2, -0.15) is 0 Å². The lowest BCUT2D eigenvalue weighted by Gasteiger charge is -2.27. The molecule has 0 saturated heterocycles. The molecule has 6 nitrogen and oxygen atoms in total. The van der Waals surface area contributed by atoms with E-state index in [2.05, 4.69) is 10.6 Å². The number of rotatable bonds is 7. The number of hydrogen-bond acceptors (Lipinski definition) is 4. The standard InChI is InChI=1S/C11H21N3O3/c1-5-8(15)11(3,4)14-7(2)10(17)13-6-9(12)16/h7,14H,5-6H2,1-4H3,(H2,12,16)(H,13,17)/t7-/m0/s1. The summed E-state index contributed by atoms with van der Waals surface area (Å²) in [5, 5.41) is 5.29. The van der Waals surface area contributed by atoms with E-state index in [1.165, 1.54) is 0 Å². The van der Waals surface area contributed by atoms with E-state index in [9.17, 15) is 14.4 Å². The Balaban J connectivity index is 4.33. The lowest BCUT2D eigenvalue weighted by Crippen LogP contribution is -2.55. The summed E-state index contributed by atoms with van der Waals surface area (Å²) in [4.78, 5) is 33.6. The van der Waals surface area contributed by atoms with Crippen LogP contribution in [-0.2, 0) is 14.4 Å². The molecule has 6 heteroatoms. The summed E-state index contributed by atoms with van der Waals surface area (Å²) in [6, 6.07) is -0.570. The van der Waals surface area contributed by atoms with Crippen molar-refractivity contribution in [1.82, 2.24) is 10.6 Å². The van der Waals surface area contributed by atoms with Crippen LogP contribution in [0.5, 0.6) is 0 Å². The second-order valence-electron chi connectivity index (χ2n) is 4.45. The molecule has 0 aliphatic heterocycles. The highest BCUT2D eigenvalue weighted by molar-refractivity contribution is 5.90. The van der Waals surface area contributed by atoms with Crippen LogP contribution in [0.4, 0.5) is 0 Å². The van der Waals surface area contributed by atoms with Gasteiger partial charge in [-0.15, -0.1) is 0 Å². The molecule has 0 unspecified atom stereocenters. The van der Waals surface area contributed by atoms with Crippen LogP contribution in [0.15, 0.2) is 0 Å². The number of carbonyl (C=O) groups excluding carboxylic acids is 3. The summed E-state index contributed by atoms with van der Waals surface area (Å²) in [5.41, 5.74) is 4.14. The van der Waals surface area contributed by atoms with Crippen LogP contribution >= 0.6 is 0 Å². The van der Waals surface area contributed by atoms with Crippen molar-refractivity contribution in [2.24, 2.45) is 5.73 Å². The van der Waals surface area contributed by atoms with Crippen LogP contribution in [0.1, 0.15) is 34.1 Å². The van der Waals surface area contributed by atoms with Crippen LogP contribution in [0.25, 0.3) is 0 Å². The van der Waals surface area contributed by atoms with E-state index in [0.717, 1.165) is 0 Å². The summed E-state index contributed by atoms with van der Waals surface area (Å²) in [6.07, 6.45) is 0.398. The van der Waals surface area contributed by atoms with Gasteiger partial charge in [0.05, 0.1) is 18.1 Å². The average Bonchev–Trinajstić information content (AvgIpc) is 2.23. The second kappa shape index (κ2) is 6.34. The number of primary amides is 1. The van der Waals surface area contributed by atoms with Crippen molar-refractivity contribution in [3.05, 3.63) is 0 Å². The summed E-state index contributed by atoms with van der Waals surface area (Å²) >= 11 is 0. The van der Waals surface area contributed by atoms with Gasteiger partial charge in [-0.05, 0) is 20.8 Å². The highest BCUT2D eigenvalue weighted by Crippen LogP contribution is 2.07. The number of Topliss-reactive ketones (excluding diaryl/α,β-unsaturated/α-hetero) is 1. The van der Waals surface area contributed by atoms with E-state index in [-0.39, 0.29) is 18.2 Å². The Labute approximate surface area is 101 Å². The van der Waals surface area contributed by atoms with Gasteiger partial charge in [0.2, 0.25) is 11.8 Å². The van der Waals surface area contributed by atoms with Crippen molar-refractivity contribution in [3.8, 4) is 0 Å². The van der Waals surface area contributed by atoms with E-state index in [1.807, 2.05) is 0 Å². The van der Waals surface area contributed by atoms with E-state index in [0.29, 0.717) is 6.42 Å². The fraction of sp³-hybridized carbons (Fsp3) is 0.727. The first-order valence-corrected chi connectivity index (χ1v) is 5.57. The summed E-state index contributed by atoms with van der Waals surface area (Å²) < 4.78 is 0. The molecule has 0 fully saturated rings. The molecule has 0 spiro atoms. The Kier molecular flexibility index (Phi) is 5.81. The average molecular weight is 243 g/mol. The van der Waals surface area contributed by atoms with Gasteiger partial charge in [0.25, 0.3) is 0 Å². The second-order valence-corrected chi connectivity index (χ2v) is 4.45. The SMILES string of the molecule is CCC(=O)C(C)(C)N[C@@H](C)C(=O)NCC(N)=O. The summed E-state index contributed by atoms with van der Waals surface area (Å²) in [6.45, 7) is 6.63. The molecule has 0 aliphatic rings. The minimum atomic E-state index is -0.766. The highest BCUT2D eigenvalue weighted by atomic mass is 16.2. The van der Waals surface area contributed by atoms with Crippen molar-refractivity contribution in [2.75, 3.05) is 6.54 Å². The summed E-state index contributed by atoms with van der Waals surface area (Å²) in [5.74, 6) is -0.942. The third-order valence-electron chi connectivity index (χ3n) is 2.43. The van der Waals surface area contributed by atoms with Gasteiger partial charge in [-0.1, -0.05) is 6.92 Å². The molecular weight excluding hydrogens is 222 g/mol. The Bertz CT molecular complexity index is 313. The monoisotopic (exact) mass is 243 g/mol. The van der Waals surface area contributed by atoms with Gasteiger partial charge in [0.1, 0.15) is 0 Å². The number of amides is 2. The molecule has 1 atom stereocenters. The van der Waals surface area contributed by atoms with Crippen molar-refractivity contribution in [2.45, 2.75) is 45.7 Å². The van der Waals surface area contributed by atoms with E-state index in [1.54, 1.807) is 27.7 Å². The number of nitrogens with two attached hydrogens (primary N) is 1. The minimum Gasteiger partial charge on any atom is -0.368 e. The predicted molar refractivity (Wildman–Crippen MR) is 64.2 cm³/mol. The number of nitrogens with one attached hydrogen (secondary N) is 2. The first-order chi connectivity index (χ1) is 7.70. The number of ketones is 1. The minimum absolute atomic E-state index is 0.0204. The lowest BCUT2D eigenvalue weighted by atomic mass is 9.96. The first kappa shape index (κ1) is 15.6. The van der Waals surface area contributed by atoms with E-state index in [4.69, 9.17) is 5.73 Å². The fourth-order valence-corrected chi connectivity index (χ4v) is 1.46. The van der Waals surface area contributed by atoms with Gasteiger partial charge < -0.3 is 11.1 Å². The maximum atomic E-state index is 11.6. The molecule has 0 heterocycles. The zero-order chi connectivity index (χ0) is 13.6. The molecule has 0 aromatic carbocycles. The normalized spacial score (nSPS) is 12.9. The van der Waals surface area contributed by atoms with Gasteiger partial charge in [-0.25, -0.2) is 0 Å². The quantitative estimate of drug-likeness (QED) is 0.551. The van der Waals surface area contributed by atoms with Gasteiger partial charge >= 0.3 is 0 Å². The molecule has 0 aromatic rings. The third kappa shape index (κ3) is 5.44. The molecule has 0 rings (SSSR count). The lowest BCUT2D eigenvalue weighted by molar-refractivity contribution is -0.128. The summed E-state index contributed by atoms with van der Waals surface area (Å²) in [7, 11) is 0. The predicted octanol–water partition coefficient (Wildman–Crippen LogP) is -0.676. The molecule has 17 heavy (non-hydrogen) atoms. The van der Waals surface area contributed by atoms with Crippen molar-refractivity contribution in [1.29, 1.82) is 0 Å². The number of carbonyl (C=O) groups is 3. The number of hydrogen-bond donors (Lipinski definition) is 3. The Morgan fingerprint density at radius 2 is 1.82 bits per heavy atom. The zero-order valence-corrected chi connectivity index (χ0v) is 10.8. The smallest absolute Gasteiger partial charge is 0.237 e. The van der Waals surface area contributed by atoms with Crippen molar-refractivity contribution < 1.29 is 14.4 Å². The molecular formula is C11H21N3O3. The molecule has 0 bridgehead atoms. The molecule has 2 amide bonds. The van der Waals surface area contributed by atoms with Crippen molar-refractivity contribution >= 4 is 17.6 Å².